The van der Waals surface area contributed by atoms with Crippen LogP contribution in [0.15, 0.2) is 12.7 Å². The molecule has 0 aliphatic rings. The summed E-state index contributed by atoms with van der Waals surface area (Å²) in [7, 11) is 0. The van der Waals surface area contributed by atoms with Crippen molar-refractivity contribution in [2.45, 2.75) is 30.2 Å². The van der Waals surface area contributed by atoms with Crippen molar-refractivity contribution in [3.8, 4) is 0 Å². The molecule has 0 saturated carbocycles. The highest BCUT2D eigenvalue weighted by atomic mass is 35.6. The molecule has 5 heteroatoms. The van der Waals surface area contributed by atoms with Crippen LogP contribution in [0.2, 0.25) is 0 Å². The van der Waals surface area contributed by atoms with Crippen LogP contribution in [0.25, 0.3) is 0 Å². The molecule has 0 aliphatic carbocycles. The summed E-state index contributed by atoms with van der Waals surface area (Å²) in [4.78, 5) is 0. The van der Waals surface area contributed by atoms with Crippen molar-refractivity contribution in [1.29, 1.82) is 5.41 Å². The van der Waals surface area contributed by atoms with E-state index >= 15 is 0 Å². The smallest absolute Gasteiger partial charge is 0.265 e. The van der Waals surface area contributed by atoms with Crippen LogP contribution in [0.1, 0.15) is 20.3 Å². The third-order valence-corrected chi connectivity index (χ3v) is 2.01. The average molecular weight is 259 g/mol. The van der Waals surface area contributed by atoms with Crippen LogP contribution in [-0.2, 0) is 4.74 Å². The minimum absolute atomic E-state index is 0.280. The molecule has 82 valence electrons. The highest BCUT2D eigenvalue weighted by molar-refractivity contribution is 6.76. The Labute approximate surface area is 99.7 Å². The Kier molecular flexibility index (Phi) is 5.87. The Morgan fingerprint density at radius 3 is 2.29 bits per heavy atom. The Morgan fingerprint density at radius 2 is 2.00 bits per heavy atom. The Morgan fingerprint density at radius 1 is 1.50 bits per heavy atom. The van der Waals surface area contributed by atoms with E-state index in [1.54, 1.807) is 6.08 Å². The molecular weight excluding hydrogens is 244 g/mol. The summed E-state index contributed by atoms with van der Waals surface area (Å²) < 4.78 is 3.35. The van der Waals surface area contributed by atoms with Gasteiger partial charge >= 0.3 is 0 Å². The van der Waals surface area contributed by atoms with Crippen LogP contribution in [0, 0.1) is 11.3 Å². The van der Waals surface area contributed by atoms with Gasteiger partial charge in [-0.2, -0.15) is 0 Å². The molecule has 0 radical (unpaired) electrons. The van der Waals surface area contributed by atoms with Crippen LogP contribution in [0.4, 0.5) is 0 Å². The second kappa shape index (κ2) is 5.84. The van der Waals surface area contributed by atoms with Crippen LogP contribution >= 0.6 is 34.8 Å². The lowest BCUT2D eigenvalue weighted by atomic mass is 10.1. The van der Waals surface area contributed by atoms with Gasteiger partial charge in [-0.25, -0.2) is 0 Å². The number of alkyl halides is 3. The van der Waals surface area contributed by atoms with E-state index in [2.05, 4.69) is 6.58 Å². The topological polar surface area (TPSA) is 33.1 Å². The van der Waals surface area contributed by atoms with Crippen molar-refractivity contribution in [2.24, 2.45) is 5.92 Å². The number of nitrogens with one attached hydrogen (secondary N) is 1. The van der Waals surface area contributed by atoms with Crippen molar-refractivity contribution >= 4 is 40.7 Å². The molecule has 0 amide bonds. The lowest BCUT2D eigenvalue weighted by Crippen LogP contribution is -2.26. The van der Waals surface area contributed by atoms with Gasteiger partial charge in [0.25, 0.3) is 3.79 Å². The normalized spacial score (nSPS) is 13.9. The molecule has 0 aromatic carbocycles. The zero-order chi connectivity index (χ0) is 11.4. The number of ether oxygens (including phenoxy) is 1. The van der Waals surface area contributed by atoms with Gasteiger partial charge in [-0.15, -0.1) is 0 Å². The number of halogens is 3. The van der Waals surface area contributed by atoms with Gasteiger partial charge in [-0.05, 0) is 12.3 Å². The van der Waals surface area contributed by atoms with Gasteiger partial charge in [0.15, 0.2) is 0 Å². The van der Waals surface area contributed by atoms with Gasteiger partial charge in [0, 0.05) is 0 Å². The first-order valence-corrected chi connectivity index (χ1v) is 5.35. The molecule has 14 heavy (non-hydrogen) atoms. The number of rotatable bonds is 4. The first-order valence-electron chi connectivity index (χ1n) is 4.22. The molecule has 0 bridgehead atoms. The maximum absolute atomic E-state index is 7.35. The standard InChI is InChI=1S/C9H14Cl3NO/c1-4-7(5-6(2)3)14-8(13)9(10,11)12/h4,6-7,13H,1,5H2,2-3H3. The second-order valence-electron chi connectivity index (χ2n) is 3.35. The van der Waals surface area contributed by atoms with Crippen molar-refractivity contribution < 1.29 is 4.74 Å². The summed E-state index contributed by atoms with van der Waals surface area (Å²) in [6.45, 7) is 7.68. The van der Waals surface area contributed by atoms with E-state index in [9.17, 15) is 0 Å². The van der Waals surface area contributed by atoms with Gasteiger partial charge in [0.1, 0.15) is 6.10 Å². The van der Waals surface area contributed by atoms with E-state index in [0.29, 0.717) is 5.92 Å². The Hall–Kier alpha value is 0.0800. The van der Waals surface area contributed by atoms with Crippen LogP contribution < -0.4 is 0 Å². The fourth-order valence-electron chi connectivity index (χ4n) is 0.875. The summed E-state index contributed by atoms with van der Waals surface area (Å²) in [5.74, 6) is 0.0641. The third-order valence-electron chi connectivity index (χ3n) is 1.49. The largest absolute Gasteiger partial charge is 0.471 e. The van der Waals surface area contributed by atoms with Gasteiger partial charge in [0.05, 0.1) is 0 Å². The first-order chi connectivity index (χ1) is 6.27. The lowest BCUT2D eigenvalue weighted by Gasteiger charge is -2.20. The zero-order valence-corrected chi connectivity index (χ0v) is 10.5. The quantitative estimate of drug-likeness (QED) is 0.352. The minimum atomic E-state index is -1.79. The molecule has 0 fully saturated rings. The molecule has 0 aromatic heterocycles. The first kappa shape index (κ1) is 14.1. The molecule has 2 nitrogen and oxygen atoms in total. The van der Waals surface area contributed by atoms with Crippen LogP contribution in [0.3, 0.4) is 0 Å². The fraction of sp³-hybridized carbons (Fsp3) is 0.667. The predicted molar refractivity (Wildman–Crippen MR) is 62.5 cm³/mol. The SMILES string of the molecule is C=CC(CC(C)C)OC(=N)C(Cl)(Cl)Cl. The second-order valence-corrected chi connectivity index (χ2v) is 5.63. The molecule has 0 heterocycles. The molecular formula is C9H14Cl3NO. The van der Waals surface area contributed by atoms with E-state index in [1.165, 1.54) is 0 Å². The van der Waals surface area contributed by atoms with Gasteiger partial charge < -0.3 is 4.74 Å². The summed E-state index contributed by atoms with van der Waals surface area (Å²) in [6.07, 6.45) is 2.07. The van der Waals surface area contributed by atoms with E-state index in [1.807, 2.05) is 13.8 Å². The molecule has 0 saturated heterocycles. The van der Waals surface area contributed by atoms with Gasteiger partial charge in [-0.3, -0.25) is 5.41 Å². The maximum Gasteiger partial charge on any atom is 0.265 e. The summed E-state index contributed by atoms with van der Waals surface area (Å²) in [6, 6.07) is 0. The molecule has 0 aliphatic heterocycles. The van der Waals surface area contributed by atoms with E-state index in [-0.39, 0.29) is 12.0 Å². The predicted octanol–water partition coefficient (Wildman–Crippen LogP) is 3.95. The fourth-order valence-corrected chi connectivity index (χ4v) is 1.01. The minimum Gasteiger partial charge on any atom is -0.471 e. The molecule has 1 N–H and O–H groups in total. The molecule has 0 spiro atoms. The maximum atomic E-state index is 7.35. The van der Waals surface area contributed by atoms with E-state index < -0.39 is 3.79 Å². The average Bonchev–Trinajstić information content (AvgIpc) is 2.00. The lowest BCUT2D eigenvalue weighted by molar-refractivity contribution is 0.201. The third kappa shape index (κ3) is 5.74. The molecule has 0 aromatic rings. The van der Waals surface area contributed by atoms with Gasteiger partial charge in [-0.1, -0.05) is 61.3 Å². The van der Waals surface area contributed by atoms with Crippen molar-refractivity contribution in [3.63, 3.8) is 0 Å². The van der Waals surface area contributed by atoms with Gasteiger partial charge in [0.2, 0.25) is 5.90 Å². The summed E-state index contributed by atoms with van der Waals surface area (Å²) in [5, 5.41) is 7.35. The number of hydrogen-bond acceptors (Lipinski definition) is 2. The van der Waals surface area contributed by atoms with Crippen molar-refractivity contribution in [1.82, 2.24) is 0 Å². The molecule has 0 rings (SSSR count). The van der Waals surface area contributed by atoms with Crippen molar-refractivity contribution in [3.05, 3.63) is 12.7 Å². The number of hydrogen-bond donors (Lipinski definition) is 1. The van der Waals surface area contributed by atoms with E-state index in [0.717, 1.165) is 6.42 Å². The monoisotopic (exact) mass is 257 g/mol. The van der Waals surface area contributed by atoms with E-state index in [4.69, 9.17) is 44.9 Å². The zero-order valence-electron chi connectivity index (χ0n) is 8.19. The van der Waals surface area contributed by atoms with Crippen molar-refractivity contribution in [2.75, 3.05) is 0 Å². The summed E-state index contributed by atoms with van der Waals surface area (Å²) >= 11 is 16.4. The van der Waals surface area contributed by atoms with Crippen LogP contribution in [-0.4, -0.2) is 15.8 Å². The molecule has 1 unspecified atom stereocenters. The highest BCUT2D eigenvalue weighted by Crippen LogP contribution is 2.28. The Bertz CT molecular complexity index is 211. The van der Waals surface area contributed by atoms with Crippen LogP contribution in [0.5, 0.6) is 0 Å². The highest BCUT2D eigenvalue weighted by Gasteiger charge is 2.30. The molecule has 1 atom stereocenters. The summed E-state index contributed by atoms with van der Waals surface area (Å²) in [5.41, 5.74) is 0. The Balaban J connectivity index is 4.19.